The Morgan fingerprint density at radius 1 is 1.10 bits per heavy atom. The molecule has 0 atom stereocenters. The number of hydrogen-bond acceptors (Lipinski definition) is 4. The van der Waals surface area contributed by atoms with E-state index in [1.165, 1.54) is 4.90 Å². The molecule has 0 aromatic heterocycles. The van der Waals surface area contributed by atoms with Crippen LogP contribution in [0.4, 0.5) is 4.79 Å². The summed E-state index contributed by atoms with van der Waals surface area (Å²) in [6.45, 7) is 5.06. The fourth-order valence-corrected chi connectivity index (χ4v) is 3.46. The molecule has 0 aromatic rings. The average molecular weight is 281 g/mol. The van der Waals surface area contributed by atoms with E-state index >= 15 is 0 Å². The van der Waals surface area contributed by atoms with E-state index in [4.69, 9.17) is 4.74 Å². The highest BCUT2D eigenvalue weighted by Gasteiger charge is 2.36. The Morgan fingerprint density at radius 3 is 2.40 bits per heavy atom. The van der Waals surface area contributed by atoms with Crippen molar-refractivity contribution in [3.05, 3.63) is 0 Å². The number of piperidine rings is 1. The maximum atomic E-state index is 11.7. The molecule has 3 fully saturated rings. The molecule has 3 heterocycles. The van der Waals surface area contributed by atoms with Crippen LogP contribution in [0.25, 0.3) is 0 Å². The summed E-state index contributed by atoms with van der Waals surface area (Å²) in [6, 6.07) is -0.117. The third kappa shape index (κ3) is 2.96. The molecule has 0 aromatic carbocycles. The van der Waals surface area contributed by atoms with Crippen LogP contribution in [0.1, 0.15) is 25.7 Å². The molecule has 0 radical (unpaired) electrons. The number of nitrogens with one attached hydrogen (secondary N) is 1. The van der Waals surface area contributed by atoms with E-state index in [1.54, 1.807) is 0 Å². The molecule has 3 saturated heterocycles. The Balaban J connectivity index is 1.47. The molecule has 3 rings (SSSR count). The molecule has 0 saturated carbocycles. The van der Waals surface area contributed by atoms with Gasteiger partial charge in [0.15, 0.2) is 0 Å². The van der Waals surface area contributed by atoms with Gasteiger partial charge in [-0.2, -0.15) is 0 Å². The molecule has 6 heteroatoms. The van der Waals surface area contributed by atoms with Gasteiger partial charge in [-0.15, -0.1) is 0 Å². The van der Waals surface area contributed by atoms with E-state index in [0.29, 0.717) is 0 Å². The minimum Gasteiger partial charge on any atom is -0.381 e. The summed E-state index contributed by atoms with van der Waals surface area (Å²) in [6.07, 6.45) is 4.13. The fourth-order valence-electron chi connectivity index (χ4n) is 3.46. The SMILES string of the molecule is O=C1CNC(=O)N1C1CCN(CC2CCOCC2)CC1. The summed E-state index contributed by atoms with van der Waals surface area (Å²) < 4.78 is 5.39. The van der Waals surface area contributed by atoms with Gasteiger partial charge in [-0.05, 0) is 31.6 Å². The number of ether oxygens (including phenoxy) is 1. The quantitative estimate of drug-likeness (QED) is 0.762. The van der Waals surface area contributed by atoms with Crippen LogP contribution in [0.15, 0.2) is 0 Å². The number of amides is 3. The van der Waals surface area contributed by atoms with Gasteiger partial charge in [0.05, 0.1) is 6.54 Å². The summed E-state index contributed by atoms with van der Waals surface area (Å²) in [7, 11) is 0. The van der Waals surface area contributed by atoms with E-state index in [0.717, 1.165) is 64.4 Å². The summed E-state index contributed by atoms with van der Waals surface area (Å²) in [5, 5.41) is 2.60. The molecule has 3 aliphatic rings. The van der Waals surface area contributed by atoms with Crippen LogP contribution in [0.2, 0.25) is 0 Å². The summed E-state index contributed by atoms with van der Waals surface area (Å²) >= 11 is 0. The molecule has 1 N–H and O–H groups in total. The number of imide groups is 1. The largest absolute Gasteiger partial charge is 0.381 e. The minimum atomic E-state index is -0.210. The van der Waals surface area contributed by atoms with Crippen molar-refractivity contribution in [1.29, 1.82) is 0 Å². The molecule has 3 aliphatic heterocycles. The maximum absolute atomic E-state index is 11.7. The third-order valence-corrected chi connectivity index (χ3v) is 4.66. The Morgan fingerprint density at radius 2 is 1.80 bits per heavy atom. The summed E-state index contributed by atoms with van der Waals surface area (Å²) in [5.74, 6) is 0.676. The number of nitrogens with zero attached hydrogens (tertiary/aromatic N) is 2. The Hall–Kier alpha value is -1.14. The van der Waals surface area contributed by atoms with E-state index in [2.05, 4.69) is 10.2 Å². The van der Waals surface area contributed by atoms with Crippen LogP contribution in [0.5, 0.6) is 0 Å². The molecule has 0 unspecified atom stereocenters. The van der Waals surface area contributed by atoms with E-state index in [1.807, 2.05) is 0 Å². The molecule has 0 aliphatic carbocycles. The van der Waals surface area contributed by atoms with Crippen molar-refractivity contribution in [2.24, 2.45) is 5.92 Å². The Kier molecular flexibility index (Phi) is 4.21. The monoisotopic (exact) mass is 281 g/mol. The predicted molar refractivity (Wildman–Crippen MR) is 73.2 cm³/mol. The molecular formula is C14H23N3O3. The lowest BCUT2D eigenvalue weighted by molar-refractivity contribution is -0.127. The first-order chi connectivity index (χ1) is 9.74. The van der Waals surface area contributed by atoms with Crippen molar-refractivity contribution in [2.45, 2.75) is 31.7 Å². The zero-order valence-corrected chi connectivity index (χ0v) is 11.8. The van der Waals surface area contributed by atoms with Crippen molar-refractivity contribution in [3.63, 3.8) is 0 Å². The van der Waals surface area contributed by atoms with Crippen molar-refractivity contribution in [1.82, 2.24) is 15.1 Å². The van der Waals surface area contributed by atoms with Gasteiger partial charge in [0, 0.05) is 38.9 Å². The molecular weight excluding hydrogens is 258 g/mol. The first-order valence-electron chi connectivity index (χ1n) is 7.64. The first-order valence-corrected chi connectivity index (χ1v) is 7.64. The van der Waals surface area contributed by atoms with Gasteiger partial charge in [-0.25, -0.2) is 4.79 Å². The molecule has 112 valence electrons. The van der Waals surface area contributed by atoms with Crippen LogP contribution >= 0.6 is 0 Å². The minimum absolute atomic E-state index is 0.0714. The number of carbonyl (C=O) groups excluding carboxylic acids is 2. The number of urea groups is 1. The lowest BCUT2D eigenvalue weighted by Gasteiger charge is -2.37. The van der Waals surface area contributed by atoms with Gasteiger partial charge in [0.25, 0.3) is 0 Å². The van der Waals surface area contributed by atoms with Gasteiger partial charge < -0.3 is 15.0 Å². The van der Waals surface area contributed by atoms with Crippen molar-refractivity contribution >= 4 is 11.9 Å². The lowest BCUT2D eigenvalue weighted by Crippen LogP contribution is -2.48. The van der Waals surface area contributed by atoms with Crippen LogP contribution in [0, 0.1) is 5.92 Å². The van der Waals surface area contributed by atoms with Crippen molar-refractivity contribution in [3.8, 4) is 0 Å². The van der Waals surface area contributed by atoms with Gasteiger partial charge >= 0.3 is 6.03 Å². The number of hydrogen-bond donors (Lipinski definition) is 1. The highest BCUT2D eigenvalue weighted by molar-refractivity contribution is 6.02. The number of rotatable bonds is 3. The fraction of sp³-hybridized carbons (Fsp3) is 0.857. The van der Waals surface area contributed by atoms with Gasteiger partial charge in [-0.1, -0.05) is 0 Å². The smallest absolute Gasteiger partial charge is 0.324 e. The topological polar surface area (TPSA) is 61.9 Å². The lowest BCUT2D eigenvalue weighted by atomic mass is 9.97. The highest BCUT2D eigenvalue weighted by Crippen LogP contribution is 2.22. The van der Waals surface area contributed by atoms with Crippen LogP contribution < -0.4 is 5.32 Å². The Labute approximate surface area is 119 Å². The molecule has 0 bridgehead atoms. The average Bonchev–Trinajstić information content (AvgIpc) is 2.81. The second-order valence-electron chi connectivity index (χ2n) is 6.01. The molecule has 0 spiro atoms. The maximum Gasteiger partial charge on any atom is 0.324 e. The van der Waals surface area contributed by atoms with Gasteiger partial charge in [0.2, 0.25) is 5.91 Å². The zero-order chi connectivity index (χ0) is 13.9. The highest BCUT2D eigenvalue weighted by atomic mass is 16.5. The standard InChI is InChI=1S/C14H23N3O3/c18-13-9-15-14(19)17(13)12-1-5-16(6-2-12)10-11-3-7-20-8-4-11/h11-12H,1-10H2,(H,15,19). The van der Waals surface area contributed by atoms with Crippen LogP contribution in [-0.2, 0) is 9.53 Å². The van der Waals surface area contributed by atoms with E-state index in [-0.39, 0.29) is 24.5 Å². The number of likely N-dealkylation sites (tertiary alicyclic amines) is 1. The molecule has 3 amide bonds. The zero-order valence-electron chi connectivity index (χ0n) is 11.8. The molecule has 6 nitrogen and oxygen atoms in total. The van der Waals surface area contributed by atoms with Crippen LogP contribution in [0.3, 0.4) is 0 Å². The summed E-state index contributed by atoms with van der Waals surface area (Å²) in [4.78, 5) is 27.3. The van der Waals surface area contributed by atoms with Gasteiger partial charge in [-0.3, -0.25) is 9.69 Å². The number of carbonyl (C=O) groups is 2. The van der Waals surface area contributed by atoms with Gasteiger partial charge in [0.1, 0.15) is 0 Å². The summed E-state index contributed by atoms with van der Waals surface area (Å²) in [5.41, 5.74) is 0. The van der Waals surface area contributed by atoms with Crippen molar-refractivity contribution in [2.75, 3.05) is 39.4 Å². The normalized spacial score (nSPS) is 27.1. The second-order valence-corrected chi connectivity index (χ2v) is 6.01. The predicted octanol–water partition coefficient (Wildman–Crippen LogP) is 0.429. The second kappa shape index (κ2) is 6.10. The first kappa shape index (κ1) is 13.8. The Bertz CT molecular complexity index is 358. The van der Waals surface area contributed by atoms with Crippen molar-refractivity contribution < 1.29 is 14.3 Å². The van der Waals surface area contributed by atoms with Crippen LogP contribution in [-0.4, -0.2) is 67.2 Å². The van der Waals surface area contributed by atoms with E-state index < -0.39 is 0 Å². The van der Waals surface area contributed by atoms with E-state index in [9.17, 15) is 9.59 Å². The third-order valence-electron chi connectivity index (χ3n) is 4.66. The molecule has 20 heavy (non-hydrogen) atoms.